The van der Waals surface area contributed by atoms with Gasteiger partial charge in [0.25, 0.3) is 0 Å². The summed E-state index contributed by atoms with van der Waals surface area (Å²) in [6, 6.07) is 19.7. The third kappa shape index (κ3) is 4.88. The fourth-order valence-electron chi connectivity index (χ4n) is 3.39. The number of amides is 1. The Bertz CT molecular complexity index is 1530. The molecule has 5 aromatic rings. The van der Waals surface area contributed by atoms with Gasteiger partial charge < -0.3 is 14.2 Å². The lowest BCUT2D eigenvalue weighted by molar-refractivity contribution is -0.111. The van der Waals surface area contributed by atoms with E-state index in [0.29, 0.717) is 49.8 Å². The molecule has 2 heterocycles. The van der Waals surface area contributed by atoms with Crippen LogP contribution in [0.3, 0.4) is 0 Å². The minimum absolute atomic E-state index is 0.299. The van der Waals surface area contributed by atoms with E-state index < -0.39 is 0 Å². The van der Waals surface area contributed by atoms with Crippen molar-refractivity contribution < 1.29 is 18.0 Å². The maximum atomic E-state index is 13.5. The summed E-state index contributed by atoms with van der Waals surface area (Å²) in [5, 5.41) is 3.78. The second kappa shape index (κ2) is 9.17. The van der Waals surface area contributed by atoms with Crippen molar-refractivity contribution in [2.75, 3.05) is 5.32 Å². The van der Waals surface area contributed by atoms with Crippen LogP contribution in [0, 0.1) is 5.82 Å². The number of benzene rings is 3. The van der Waals surface area contributed by atoms with Gasteiger partial charge in [-0.05, 0) is 72.8 Å². The Kier molecular flexibility index (Phi) is 5.92. The molecule has 0 unspecified atom stereocenters. The summed E-state index contributed by atoms with van der Waals surface area (Å²) in [5.74, 6) is 0.645. The molecule has 0 aliphatic heterocycles. The highest BCUT2D eigenvalue weighted by Gasteiger charge is 2.11. The van der Waals surface area contributed by atoms with Crippen LogP contribution in [-0.2, 0) is 4.79 Å². The van der Waals surface area contributed by atoms with Crippen molar-refractivity contribution in [1.29, 1.82) is 0 Å². The third-order valence-corrected chi connectivity index (χ3v) is 5.34. The number of halogens is 3. The first kappa shape index (κ1) is 21.9. The zero-order valence-electron chi connectivity index (χ0n) is 17.4. The van der Waals surface area contributed by atoms with E-state index >= 15 is 0 Å². The Hall–Kier alpha value is -3.87. The van der Waals surface area contributed by atoms with E-state index in [-0.39, 0.29) is 11.7 Å². The predicted octanol–water partition coefficient (Wildman–Crippen LogP) is 7.85. The molecule has 1 amide bonds. The maximum Gasteiger partial charge on any atom is 0.248 e. The molecule has 8 heteroatoms. The summed E-state index contributed by atoms with van der Waals surface area (Å²) >= 11 is 12.1. The van der Waals surface area contributed by atoms with Crippen LogP contribution >= 0.6 is 23.2 Å². The van der Waals surface area contributed by atoms with Crippen LogP contribution in [0.4, 0.5) is 10.1 Å². The highest BCUT2D eigenvalue weighted by Crippen LogP contribution is 2.29. The molecule has 5 nitrogen and oxygen atoms in total. The van der Waals surface area contributed by atoms with E-state index in [9.17, 15) is 9.18 Å². The fraction of sp³-hybridized carbons (Fsp3) is 0. The van der Waals surface area contributed by atoms with Gasteiger partial charge in [0, 0.05) is 32.9 Å². The largest absolute Gasteiger partial charge is 0.457 e. The van der Waals surface area contributed by atoms with Crippen molar-refractivity contribution in [3.63, 3.8) is 0 Å². The first-order valence-electron chi connectivity index (χ1n) is 10.1. The maximum absolute atomic E-state index is 13.5. The van der Waals surface area contributed by atoms with Crippen LogP contribution in [0.5, 0.6) is 0 Å². The summed E-state index contributed by atoms with van der Waals surface area (Å²) in [6.07, 6.45) is 2.92. The van der Waals surface area contributed by atoms with Gasteiger partial charge in [-0.3, -0.25) is 4.79 Å². The second-order valence-corrected chi connectivity index (χ2v) is 8.27. The number of carbonyl (C=O) groups is 1. The molecule has 0 fully saturated rings. The van der Waals surface area contributed by atoms with E-state index in [4.69, 9.17) is 32.0 Å². The van der Waals surface area contributed by atoms with Crippen molar-refractivity contribution in [3.05, 3.63) is 100 Å². The number of nitrogens with zero attached hydrogens (tertiary/aromatic N) is 1. The summed E-state index contributed by atoms with van der Waals surface area (Å²) in [7, 11) is 0. The predicted molar refractivity (Wildman–Crippen MR) is 131 cm³/mol. The van der Waals surface area contributed by atoms with Crippen molar-refractivity contribution in [2.24, 2.45) is 0 Å². The number of aromatic nitrogens is 1. The van der Waals surface area contributed by atoms with Crippen LogP contribution < -0.4 is 5.32 Å². The zero-order valence-corrected chi connectivity index (χ0v) is 18.9. The molecule has 0 aliphatic carbocycles. The van der Waals surface area contributed by atoms with Crippen molar-refractivity contribution in [3.8, 4) is 22.8 Å². The van der Waals surface area contributed by atoms with E-state index in [1.165, 1.54) is 18.2 Å². The number of furan rings is 1. The number of anilines is 1. The first-order valence-corrected chi connectivity index (χ1v) is 10.9. The van der Waals surface area contributed by atoms with E-state index in [2.05, 4.69) is 10.3 Å². The lowest BCUT2D eigenvalue weighted by Gasteiger charge is -2.01. The van der Waals surface area contributed by atoms with Crippen LogP contribution in [-0.4, -0.2) is 10.9 Å². The molecule has 0 radical (unpaired) electrons. The number of oxazole rings is 1. The molecule has 0 spiro atoms. The van der Waals surface area contributed by atoms with Gasteiger partial charge in [0.05, 0.1) is 0 Å². The molecular weight excluding hydrogens is 478 g/mol. The molecule has 168 valence electrons. The number of fused-ring (bicyclic) bond motifs is 1. The molecule has 0 bridgehead atoms. The molecule has 34 heavy (non-hydrogen) atoms. The van der Waals surface area contributed by atoms with Gasteiger partial charge in [-0.2, -0.15) is 0 Å². The molecule has 0 atom stereocenters. The smallest absolute Gasteiger partial charge is 0.248 e. The quantitative estimate of drug-likeness (QED) is 0.253. The average molecular weight is 493 g/mol. The fourth-order valence-corrected chi connectivity index (χ4v) is 3.91. The Morgan fingerprint density at radius 3 is 2.53 bits per heavy atom. The number of carbonyl (C=O) groups excluding carboxylic acids is 1. The minimum Gasteiger partial charge on any atom is -0.457 e. The highest BCUT2D eigenvalue weighted by atomic mass is 35.5. The van der Waals surface area contributed by atoms with Crippen molar-refractivity contribution >= 4 is 52.0 Å². The zero-order chi connectivity index (χ0) is 23.7. The summed E-state index contributed by atoms with van der Waals surface area (Å²) < 4.78 is 24.9. The second-order valence-electron chi connectivity index (χ2n) is 7.39. The number of hydrogen-bond acceptors (Lipinski definition) is 4. The van der Waals surface area contributed by atoms with Crippen molar-refractivity contribution in [2.45, 2.75) is 0 Å². The van der Waals surface area contributed by atoms with Crippen LogP contribution in [0.15, 0.2) is 87.7 Å². The van der Waals surface area contributed by atoms with E-state index in [1.807, 2.05) is 0 Å². The van der Waals surface area contributed by atoms with Gasteiger partial charge in [-0.15, -0.1) is 0 Å². The van der Waals surface area contributed by atoms with E-state index in [1.54, 1.807) is 66.7 Å². The van der Waals surface area contributed by atoms with Gasteiger partial charge in [0.1, 0.15) is 22.9 Å². The van der Waals surface area contributed by atoms with Crippen molar-refractivity contribution in [1.82, 2.24) is 4.98 Å². The molecule has 0 saturated carbocycles. The van der Waals surface area contributed by atoms with Crippen LogP contribution in [0.2, 0.25) is 10.0 Å². The van der Waals surface area contributed by atoms with Gasteiger partial charge in [0.15, 0.2) is 5.58 Å². The first-order chi connectivity index (χ1) is 16.4. The summed E-state index contributed by atoms with van der Waals surface area (Å²) in [4.78, 5) is 16.8. The third-order valence-electron chi connectivity index (χ3n) is 4.90. The Morgan fingerprint density at radius 1 is 0.912 bits per heavy atom. The number of hydrogen-bond donors (Lipinski definition) is 1. The monoisotopic (exact) mass is 492 g/mol. The average Bonchev–Trinajstić information content (AvgIpc) is 3.44. The standard InChI is InChI=1S/C26H15Cl2FN2O3/c27-17-10-16(11-18(28)13-17)23-8-5-21(33-23)6-9-25(32)30-20-4-7-24-22(14-20)31-26(34-24)15-2-1-3-19(29)12-15/h1-14H,(H,30,32)/b9-6+. The molecule has 0 saturated heterocycles. The summed E-state index contributed by atoms with van der Waals surface area (Å²) in [5.41, 5.74) is 2.87. The highest BCUT2D eigenvalue weighted by molar-refractivity contribution is 6.35. The Morgan fingerprint density at radius 2 is 1.74 bits per heavy atom. The van der Waals surface area contributed by atoms with Gasteiger partial charge in [-0.1, -0.05) is 29.3 Å². The lowest BCUT2D eigenvalue weighted by atomic mass is 10.2. The van der Waals surface area contributed by atoms with Gasteiger partial charge >= 0.3 is 0 Å². The molecule has 0 aliphatic rings. The minimum atomic E-state index is -0.375. The molecule has 5 rings (SSSR count). The molecule has 1 N–H and O–H groups in total. The van der Waals surface area contributed by atoms with E-state index in [0.717, 1.165) is 5.56 Å². The number of nitrogens with one attached hydrogen (secondary N) is 1. The molecule has 2 aromatic heterocycles. The van der Waals surface area contributed by atoms with Crippen LogP contribution in [0.25, 0.3) is 40.0 Å². The topological polar surface area (TPSA) is 68.3 Å². The normalized spacial score (nSPS) is 11.4. The lowest BCUT2D eigenvalue weighted by Crippen LogP contribution is -2.07. The summed E-state index contributed by atoms with van der Waals surface area (Å²) in [6.45, 7) is 0. The SMILES string of the molecule is O=C(/C=C/c1ccc(-c2cc(Cl)cc(Cl)c2)o1)Nc1ccc2oc(-c3cccc(F)c3)nc2c1. The molecular formula is C26H15Cl2FN2O3. The Labute approximate surface area is 203 Å². The van der Waals surface area contributed by atoms with Crippen LogP contribution in [0.1, 0.15) is 5.76 Å². The molecule has 3 aromatic carbocycles. The Balaban J connectivity index is 1.29. The number of rotatable bonds is 5. The van der Waals surface area contributed by atoms with Gasteiger partial charge in [0.2, 0.25) is 11.8 Å². The van der Waals surface area contributed by atoms with Gasteiger partial charge in [-0.25, -0.2) is 9.37 Å².